The fourth-order valence-corrected chi connectivity index (χ4v) is 2.12. The fourth-order valence-electron chi connectivity index (χ4n) is 2.12. The van der Waals surface area contributed by atoms with E-state index in [1.54, 1.807) is 6.08 Å². The predicted octanol–water partition coefficient (Wildman–Crippen LogP) is 7.19. The standard InChI is InChI=1S/C8H15F.2C8H15N3/c1-6(2)5-8(9)7(3)4;1-6(2)8-5-11(7(3)4)10-9-8;1-5(2)7-9-8(6(3)4)11-10-7/h5-7H,1-4H3;5-7H,1-4H3;5-6H,1-4H3,(H,9,10,11)/b8-5-;;. The van der Waals surface area contributed by atoms with Gasteiger partial charge in [0.05, 0.1) is 11.5 Å². The van der Waals surface area contributed by atoms with Crippen LogP contribution in [0.25, 0.3) is 0 Å². The number of hydrogen-bond acceptors (Lipinski definition) is 4. The van der Waals surface area contributed by atoms with Gasteiger partial charge in [0.25, 0.3) is 0 Å². The fraction of sp³-hybridized carbons (Fsp3) is 0.750. The SMILES string of the molecule is CC(C)/C=C(\F)C(C)C.CC(C)c1cn(C(C)C)nn1.CC(C)c1n[nH]c(C(C)C)n1. The van der Waals surface area contributed by atoms with Crippen LogP contribution in [0.4, 0.5) is 4.39 Å². The summed E-state index contributed by atoms with van der Waals surface area (Å²) in [5, 5.41) is 15.1. The highest BCUT2D eigenvalue weighted by Crippen LogP contribution is 2.14. The first-order valence-corrected chi connectivity index (χ1v) is 11.5. The highest BCUT2D eigenvalue weighted by molar-refractivity contribution is 4.99. The summed E-state index contributed by atoms with van der Waals surface area (Å²) in [6.45, 7) is 24.5. The molecule has 0 fully saturated rings. The Labute approximate surface area is 189 Å². The predicted molar refractivity (Wildman–Crippen MR) is 128 cm³/mol. The Balaban J connectivity index is 0.000000439. The van der Waals surface area contributed by atoms with Gasteiger partial charge in [-0.1, -0.05) is 80.5 Å². The van der Waals surface area contributed by atoms with Gasteiger partial charge >= 0.3 is 0 Å². The summed E-state index contributed by atoms with van der Waals surface area (Å²) >= 11 is 0. The van der Waals surface area contributed by atoms with Gasteiger partial charge in [-0.15, -0.1) is 5.10 Å². The first-order chi connectivity index (χ1) is 14.3. The van der Waals surface area contributed by atoms with E-state index in [0.717, 1.165) is 17.3 Å². The summed E-state index contributed by atoms with van der Waals surface area (Å²) in [6.07, 6.45) is 3.67. The van der Waals surface area contributed by atoms with Crippen LogP contribution in [0.15, 0.2) is 18.1 Å². The Morgan fingerprint density at radius 2 is 1.48 bits per heavy atom. The first kappa shape index (κ1) is 28.9. The normalized spacial score (nSPS) is 12.0. The van der Waals surface area contributed by atoms with Gasteiger partial charge in [0.2, 0.25) is 0 Å². The van der Waals surface area contributed by atoms with Crippen LogP contribution in [-0.2, 0) is 0 Å². The molecule has 0 spiro atoms. The van der Waals surface area contributed by atoms with Crippen molar-refractivity contribution in [3.05, 3.63) is 35.4 Å². The lowest BCUT2D eigenvalue weighted by Gasteiger charge is -2.01. The molecule has 0 bridgehead atoms. The Morgan fingerprint density at radius 1 is 0.903 bits per heavy atom. The maximum atomic E-state index is 12.6. The monoisotopic (exact) mass is 436 g/mol. The molecule has 0 aliphatic rings. The van der Waals surface area contributed by atoms with E-state index in [1.807, 2.05) is 38.6 Å². The molecule has 0 aromatic carbocycles. The van der Waals surface area contributed by atoms with Crippen molar-refractivity contribution in [2.75, 3.05) is 0 Å². The van der Waals surface area contributed by atoms with E-state index in [-0.39, 0.29) is 11.7 Å². The van der Waals surface area contributed by atoms with E-state index >= 15 is 0 Å². The summed E-state index contributed by atoms with van der Waals surface area (Å²) in [5.41, 5.74) is 1.07. The number of aromatic nitrogens is 6. The summed E-state index contributed by atoms with van der Waals surface area (Å²) in [4.78, 5) is 4.34. The molecular weight excluding hydrogens is 391 g/mol. The van der Waals surface area contributed by atoms with Crippen LogP contribution in [0.1, 0.15) is 124 Å². The minimum Gasteiger partial charge on any atom is -0.263 e. The Morgan fingerprint density at radius 3 is 1.71 bits per heavy atom. The third kappa shape index (κ3) is 11.8. The number of rotatable bonds is 6. The van der Waals surface area contributed by atoms with Crippen molar-refractivity contribution < 1.29 is 4.39 Å². The maximum absolute atomic E-state index is 12.6. The summed E-state index contributed by atoms with van der Waals surface area (Å²) in [7, 11) is 0. The minimum absolute atomic E-state index is 0.00463. The number of nitrogens with one attached hydrogen (secondary N) is 1. The van der Waals surface area contributed by atoms with Gasteiger partial charge in [-0.05, 0) is 25.7 Å². The van der Waals surface area contributed by atoms with Crippen molar-refractivity contribution in [2.24, 2.45) is 11.8 Å². The second kappa shape index (κ2) is 14.1. The average Bonchev–Trinajstić information content (AvgIpc) is 3.32. The second-order valence-electron chi connectivity index (χ2n) is 9.71. The molecular formula is C24H45FN6. The van der Waals surface area contributed by atoms with E-state index < -0.39 is 0 Å². The van der Waals surface area contributed by atoms with Crippen LogP contribution < -0.4 is 0 Å². The van der Waals surface area contributed by atoms with Crippen LogP contribution in [0.5, 0.6) is 0 Å². The molecule has 2 heterocycles. The van der Waals surface area contributed by atoms with Gasteiger partial charge < -0.3 is 0 Å². The third-order valence-electron chi connectivity index (χ3n) is 4.28. The number of nitrogens with zero attached hydrogens (tertiary/aromatic N) is 5. The zero-order chi connectivity index (χ0) is 24.3. The molecule has 0 aliphatic carbocycles. The lowest BCUT2D eigenvalue weighted by Crippen LogP contribution is -2.00. The van der Waals surface area contributed by atoms with Gasteiger partial charge in [-0.2, -0.15) is 5.10 Å². The molecule has 0 atom stereocenters. The molecule has 178 valence electrons. The Kier molecular flexibility index (Phi) is 13.2. The van der Waals surface area contributed by atoms with E-state index in [2.05, 4.69) is 80.9 Å². The number of halogens is 1. The second-order valence-corrected chi connectivity index (χ2v) is 9.71. The number of aromatic amines is 1. The average molecular weight is 437 g/mol. The van der Waals surface area contributed by atoms with Crippen LogP contribution in [0.2, 0.25) is 0 Å². The van der Waals surface area contributed by atoms with Crippen molar-refractivity contribution in [1.82, 2.24) is 30.2 Å². The zero-order valence-corrected chi connectivity index (χ0v) is 21.7. The molecule has 0 aliphatic heterocycles. The molecule has 0 amide bonds. The number of H-pyrrole nitrogens is 1. The summed E-state index contributed by atoms with van der Waals surface area (Å²) < 4.78 is 14.5. The molecule has 0 unspecified atom stereocenters. The van der Waals surface area contributed by atoms with E-state index in [9.17, 15) is 4.39 Å². The van der Waals surface area contributed by atoms with Crippen LogP contribution >= 0.6 is 0 Å². The van der Waals surface area contributed by atoms with E-state index in [1.165, 1.54) is 0 Å². The van der Waals surface area contributed by atoms with Gasteiger partial charge in [0.15, 0.2) is 5.82 Å². The molecule has 2 rings (SSSR count). The molecule has 0 saturated heterocycles. The van der Waals surface area contributed by atoms with E-state index in [0.29, 0.717) is 29.7 Å². The smallest absolute Gasteiger partial charge is 0.153 e. The van der Waals surface area contributed by atoms with Crippen LogP contribution in [0, 0.1) is 11.8 Å². The van der Waals surface area contributed by atoms with Gasteiger partial charge in [-0.3, -0.25) is 5.10 Å². The van der Waals surface area contributed by atoms with Crippen molar-refractivity contribution in [2.45, 2.75) is 107 Å². The lowest BCUT2D eigenvalue weighted by molar-refractivity contribution is 0.508. The Hall–Kier alpha value is -2.05. The van der Waals surface area contributed by atoms with Gasteiger partial charge in [0, 0.05) is 30.0 Å². The molecule has 0 saturated carbocycles. The van der Waals surface area contributed by atoms with Crippen molar-refractivity contribution in [3.63, 3.8) is 0 Å². The van der Waals surface area contributed by atoms with Crippen molar-refractivity contribution in [3.8, 4) is 0 Å². The van der Waals surface area contributed by atoms with Gasteiger partial charge in [-0.25, -0.2) is 14.1 Å². The summed E-state index contributed by atoms with van der Waals surface area (Å²) in [6, 6.07) is 0.412. The number of hydrogen-bond donors (Lipinski definition) is 1. The number of allylic oxidation sites excluding steroid dienone is 2. The van der Waals surface area contributed by atoms with Crippen LogP contribution in [-0.4, -0.2) is 30.2 Å². The molecule has 2 aromatic heterocycles. The third-order valence-corrected chi connectivity index (χ3v) is 4.28. The largest absolute Gasteiger partial charge is 0.263 e. The lowest BCUT2D eigenvalue weighted by atomic mass is 10.1. The topological polar surface area (TPSA) is 72.3 Å². The highest BCUT2D eigenvalue weighted by Gasteiger charge is 2.08. The van der Waals surface area contributed by atoms with Crippen LogP contribution in [0.3, 0.4) is 0 Å². The first-order valence-electron chi connectivity index (χ1n) is 11.5. The Bertz CT molecular complexity index is 658. The van der Waals surface area contributed by atoms with Crippen molar-refractivity contribution >= 4 is 0 Å². The molecule has 7 heteroatoms. The van der Waals surface area contributed by atoms with Gasteiger partial charge in [0.1, 0.15) is 5.82 Å². The maximum Gasteiger partial charge on any atom is 0.153 e. The van der Waals surface area contributed by atoms with Crippen molar-refractivity contribution in [1.29, 1.82) is 0 Å². The molecule has 0 radical (unpaired) electrons. The minimum atomic E-state index is 0.00463. The molecule has 1 N–H and O–H groups in total. The molecule has 2 aromatic rings. The zero-order valence-electron chi connectivity index (χ0n) is 21.7. The highest BCUT2D eigenvalue weighted by atomic mass is 19.1. The molecule has 6 nitrogen and oxygen atoms in total. The molecule has 31 heavy (non-hydrogen) atoms. The summed E-state index contributed by atoms with van der Waals surface area (Å²) in [5.74, 6) is 3.60. The van der Waals surface area contributed by atoms with E-state index in [4.69, 9.17) is 0 Å². The quantitative estimate of drug-likeness (QED) is 0.520.